The molecule has 4 rings (SSSR count). The second-order valence-corrected chi connectivity index (χ2v) is 7.40. The molecule has 0 fully saturated rings. The van der Waals surface area contributed by atoms with E-state index in [0.717, 1.165) is 5.39 Å². The standard InChI is InChI=1S/C26H25N3O5/c1-2-32-23-8-5-9-24-20(23)16-25(34-24)29(17-30)14-15-33-19-12-10-18(11-13-19)26(31)28-22-7-4-3-6-21(22)27/h3-13,16-17H,2,14-15,27H2,1H3,(H,28,31). The minimum absolute atomic E-state index is 0.236. The van der Waals surface area contributed by atoms with Crippen molar-refractivity contribution >= 4 is 40.5 Å². The SMILES string of the molecule is CCOc1cccc2oc(N(C=O)CCOc3ccc(C(=O)Nc4ccccc4N)cc3)cc12. The Labute approximate surface area is 196 Å². The van der Waals surface area contributed by atoms with Crippen LogP contribution in [0.2, 0.25) is 0 Å². The summed E-state index contributed by atoms with van der Waals surface area (Å²) in [6.07, 6.45) is 0.699. The van der Waals surface area contributed by atoms with E-state index in [1.54, 1.807) is 54.6 Å². The molecule has 1 aromatic heterocycles. The van der Waals surface area contributed by atoms with Crippen molar-refractivity contribution in [2.75, 3.05) is 35.7 Å². The monoisotopic (exact) mass is 459 g/mol. The van der Waals surface area contributed by atoms with E-state index in [-0.39, 0.29) is 19.1 Å². The van der Waals surface area contributed by atoms with E-state index >= 15 is 0 Å². The quantitative estimate of drug-likeness (QED) is 0.263. The lowest BCUT2D eigenvalue weighted by Crippen LogP contribution is -2.26. The number of nitrogens with one attached hydrogen (secondary N) is 1. The summed E-state index contributed by atoms with van der Waals surface area (Å²) in [6.45, 7) is 2.96. The van der Waals surface area contributed by atoms with Crippen LogP contribution in [0.1, 0.15) is 17.3 Å². The largest absolute Gasteiger partial charge is 0.493 e. The molecule has 0 unspecified atom stereocenters. The predicted molar refractivity (Wildman–Crippen MR) is 132 cm³/mol. The topological polar surface area (TPSA) is 107 Å². The number of nitrogens with zero attached hydrogens (tertiary/aromatic N) is 1. The molecule has 8 nitrogen and oxygen atoms in total. The Balaban J connectivity index is 1.35. The van der Waals surface area contributed by atoms with Crippen LogP contribution in [-0.4, -0.2) is 32.1 Å². The first-order valence-electron chi connectivity index (χ1n) is 10.8. The lowest BCUT2D eigenvalue weighted by atomic mass is 10.2. The molecule has 0 saturated carbocycles. The molecule has 4 aromatic rings. The maximum atomic E-state index is 12.4. The van der Waals surface area contributed by atoms with Crippen molar-refractivity contribution in [2.45, 2.75) is 6.92 Å². The van der Waals surface area contributed by atoms with Crippen LogP contribution in [0, 0.1) is 0 Å². The van der Waals surface area contributed by atoms with Crippen LogP contribution in [0.25, 0.3) is 11.0 Å². The molecular weight excluding hydrogens is 434 g/mol. The summed E-state index contributed by atoms with van der Waals surface area (Å²) >= 11 is 0. The number of ether oxygens (including phenoxy) is 2. The van der Waals surface area contributed by atoms with Crippen LogP contribution in [0.3, 0.4) is 0 Å². The Morgan fingerprint density at radius 2 is 1.85 bits per heavy atom. The molecule has 34 heavy (non-hydrogen) atoms. The second kappa shape index (κ2) is 10.4. The minimum Gasteiger partial charge on any atom is -0.493 e. The molecule has 0 radical (unpaired) electrons. The number of para-hydroxylation sites is 2. The number of fused-ring (bicyclic) bond motifs is 1. The van der Waals surface area contributed by atoms with E-state index < -0.39 is 0 Å². The van der Waals surface area contributed by atoms with E-state index in [1.165, 1.54) is 4.90 Å². The van der Waals surface area contributed by atoms with Gasteiger partial charge in [0, 0.05) is 11.6 Å². The van der Waals surface area contributed by atoms with E-state index in [9.17, 15) is 9.59 Å². The lowest BCUT2D eigenvalue weighted by molar-refractivity contribution is -0.107. The summed E-state index contributed by atoms with van der Waals surface area (Å²) in [5, 5.41) is 3.59. The van der Waals surface area contributed by atoms with Gasteiger partial charge in [0.15, 0.2) is 0 Å². The summed E-state index contributed by atoms with van der Waals surface area (Å²) in [7, 11) is 0. The number of nitrogen functional groups attached to an aromatic ring is 1. The number of nitrogens with two attached hydrogens (primary N) is 1. The Kier molecular flexibility index (Phi) is 6.98. The van der Waals surface area contributed by atoms with Gasteiger partial charge in [-0.05, 0) is 55.5 Å². The van der Waals surface area contributed by atoms with Crippen molar-refractivity contribution in [1.82, 2.24) is 0 Å². The van der Waals surface area contributed by atoms with Gasteiger partial charge in [-0.25, -0.2) is 0 Å². The van der Waals surface area contributed by atoms with E-state index in [2.05, 4.69) is 5.32 Å². The number of hydrogen-bond donors (Lipinski definition) is 2. The van der Waals surface area contributed by atoms with Gasteiger partial charge in [-0.2, -0.15) is 0 Å². The molecule has 0 aliphatic carbocycles. The molecule has 3 aromatic carbocycles. The van der Waals surface area contributed by atoms with Gasteiger partial charge in [0.25, 0.3) is 5.91 Å². The third-order valence-corrected chi connectivity index (χ3v) is 5.15. The summed E-state index contributed by atoms with van der Waals surface area (Å²) < 4.78 is 17.2. The van der Waals surface area contributed by atoms with Crippen LogP contribution >= 0.6 is 0 Å². The normalized spacial score (nSPS) is 10.6. The molecule has 8 heteroatoms. The molecule has 0 aliphatic rings. The first-order chi connectivity index (χ1) is 16.6. The maximum absolute atomic E-state index is 12.4. The third kappa shape index (κ3) is 5.12. The van der Waals surface area contributed by atoms with Gasteiger partial charge in [0.05, 0.1) is 29.9 Å². The number of anilines is 3. The first-order valence-corrected chi connectivity index (χ1v) is 10.8. The summed E-state index contributed by atoms with van der Waals surface area (Å²) in [5.41, 5.74) is 8.03. The zero-order valence-electron chi connectivity index (χ0n) is 18.7. The average molecular weight is 460 g/mol. The highest BCUT2D eigenvalue weighted by Crippen LogP contribution is 2.32. The fourth-order valence-corrected chi connectivity index (χ4v) is 3.43. The summed E-state index contributed by atoms with van der Waals surface area (Å²) in [5.74, 6) is 1.42. The molecule has 0 atom stereocenters. The highest BCUT2D eigenvalue weighted by Gasteiger charge is 2.14. The zero-order valence-corrected chi connectivity index (χ0v) is 18.7. The predicted octanol–water partition coefficient (Wildman–Crippen LogP) is 4.71. The summed E-state index contributed by atoms with van der Waals surface area (Å²) in [6, 6.07) is 21.1. The van der Waals surface area contributed by atoms with Gasteiger partial charge in [-0.15, -0.1) is 0 Å². The Bertz CT molecular complexity index is 1280. The molecule has 1 heterocycles. The molecule has 0 saturated heterocycles. The van der Waals surface area contributed by atoms with Crippen molar-refractivity contribution in [3.05, 3.63) is 78.4 Å². The van der Waals surface area contributed by atoms with Crippen LogP contribution in [0.5, 0.6) is 11.5 Å². The van der Waals surface area contributed by atoms with Gasteiger partial charge in [-0.1, -0.05) is 18.2 Å². The molecule has 3 N–H and O–H groups in total. The van der Waals surface area contributed by atoms with Gasteiger partial charge >= 0.3 is 0 Å². The number of amides is 2. The minimum atomic E-state index is -0.270. The van der Waals surface area contributed by atoms with E-state index in [0.29, 0.717) is 52.9 Å². The number of benzene rings is 3. The highest BCUT2D eigenvalue weighted by atomic mass is 16.5. The fourth-order valence-electron chi connectivity index (χ4n) is 3.43. The molecule has 174 valence electrons. The lowest BCUT2D eigenvalue weighted by Gasteiger charge is -2.14. The first kappa shape index (κ1) is 22.7. The smallest absolute Gasteiger partial charge is 0.255 e. The Morgan fingerprint density at radius 1 is 1.06 bits per heavy atom. The van der Waals surface area contributed by atoms with Gasteiger partial charge in [0.2, 0.25) is 12.3 Å². The number of carbonyl (C=O) groups is 2. The van der Waals surface area contributed by atoms with Crippen LogP contribution < -0.4 is 25.4 Å². The molecule has 0 spiro atoms. The van der Waals surface area contributed by atoms with Crippen molar-refractivity contribution in [2.24, 2.45) is 0 Å². The number of rotatable bonds is 10. The summed E-state index contributed by atoms with van der Waals surface area (Å²) in [4.78, 5) is 25.5. The molecule has 2 amide bonds. The van der Waals surface area contributed by atoms with E-state index in [4.69, 9.17) is 19.6 Å². The third-order valence-electron chi connectivity index (χ3n) is 5.15. The second-order valence-electron chi connectivity index (χ2n) is 7.40. The molecule has 0 bridgehead atoms. The van der Waals surface area contributed by atoms with Crippen molar-refractivity contribution in [3.8, 4) is 11.5 Å². The van der Waals surface area contributed by atoms with Crippen LogP contribution in [-0.2, 0) is 4.79 Å². The Hall–Kier alpha value is -4.46. The molecular formula is C26H25N3O5. The van der Waals surface area contributed by atoms with Crippen LogP contribution in [0.4, 0.5) is 17.3 Å². The maximum Gasteiger partial charge on any atom is 0.255 e. The number of furan rings is 1. The fraction of sp³-hybridized carbons (Fsp3) is 0.154. The average Bonchev–Trinajstić information content (AvgIpc) is 3.29. The van der Waals surface area contributed by atoms with Crippen LogP contribution in [0.15, 0.2) is 77.2 Å². The number of carbonyl (C=O) groups excluding carboxylic acids is 2. The Morgan fingerprint density at radius 3 is 2.59 bits per heavy atom. The molecule has 0 aliphatic heterocycles. The van der Waals surface area contributed by atoms with Crippen molar-refractivity contribution in [3.63, 3.8) is 0 Å². The van der Waals surface area contributed by atoms with Crippen molar-refractivity contribution < 1.29 is 23.5 Å². The van der Waals surface area contributed by atoms with Gasteiger partial charge in [-0.3, -0.25) is 14.5 Å². The highest BCUT2D eigenvalue weighted by molar-refractivity contribution is 6.05. The zero-order chi connectivity index (χ0) is 23.9. The van der Waals surface area contributed by atoms with Gasteiger partial charge in [0.1, 0.15) is 23.7 Å². The van der Waals surface area contributed by atoms with Gasteiger partial charge < -0.3 is 24.9 Å². The number of hydrogen-bond acceptors (Lipinski definition) is 6. The van der Waals surface area contributed by atoms with Crippen molar-refractivity contribution in [1.29, 1.82) is 0 Å². The van der Waals surface area contributed by atoms with E-state index in [1.807, 2.05) is 25.1 Å².